The van der Waals surface area contributed by atoms with E-state index in [0.717, 1.165) is 6.92 Å². The highest BCUT2D eigenvalue weighted by atomic mass is 16.6. The van der Waals surface area contributed by atoms with Crippen LogP contribution in [0.4, 0.5) is 0 Å². The zero-order chi connectivity index (χ0) is 58.5. The molecule has 0 aromatic heterocycles. The third-order valence-electron chi connectivity index (χ3n) is 7.23. The van der Waals surface area contributed by atoms with E-state index >= 15 is 0 Å². The Labute approximate surface area is 409 Å². The number of rotatable bonds is 28. The van der Waals surface area contributed by atoms with Crippen LogP contribution in [-0.4, -0.2) is 177 Å². The van der Waals surface area contributed by atoms with Crippen LogP contribution < -0.4 is 0 Å². The average Bonchev–Trinajstić information content (AvgIpc) is 3.24. The molecule has 0 amide bonds. The van der Waals surface area contributed by atoms with Gasteiger partial charge in [0.05, 0.1) is 25.7 Å². The van der Waals surface area contributed by atoms with E-state index in [-0.39, 0.29) is 16.7 Å². The number of ether oxygens (including phenoxy) is 6. The summed E-state index contributed by atoms with van der Waals surface area (Å²) in [4.78, 5) is 175. The van der Waals surface area contributed by atoms with Gasteiger partial charge in [-0.2, -0.15) is 0 Å². The van der Waals surface area contributed by atoms with Gasteiger partial charge in [0.15, 0.2) is 0 Å². The quantitative estimate of drug-likeness (QED) is 0.0267. The Morgan fingerprint density at radius 2 is 0.630 bits per heavy atom. The van der Waals surface area contributed by atoms with Gasteiger partial charge in [0, 0.05) is 34.9 Å². The topological polar surface area (TPSA) is 511 Å². The van der Waals surface area contributed by atoms with Crippen LogP contribution in [0, 0.1) is 0 Å². The number of Topliss-reactive ketones (excluding diaryl/α,β-unsaturated/α-hetero) is 1. The number of carboxylic acid groups (broad SMARTS) is 9. The summed E-state index contributed by atoms with van der Waals surface area (Å²) in [5, 5.41) is 78.8. The van der Waals surface area contributed by atoms with E-state index in [2.05, 4.69) is 67.9 Å². The molecule has 0 aliphatic rings. The van der Waals surface area contributed by atoms with Crippen molar-refractivity contribution in [1.29, 1.82) is 0 Å². The molecule has 5 unspecified atom stereocenters. The van der Waals surface area contributed by atoms with Crippen LogP contribution >= 0.6 is 0 Å². The highest BCUT2D eigenvalue weighted by molar-refractivity contribution is 5.97. The molecule has 0 spiro atoms. The molecule has 0 saturated carbocycles. The highest BCUT2D eigenvalue weighted by Gasteiger charge is 2.48. The maximum absolute atomic E-state index is 11.3. The molecule has 73 heavy (non-hydrogen) atoms. The second-order valence-corrected chi connectivity index (χ2v) is 13.7. The average molecular weight is 1050 g/mol. The van der Waals surface area contributed by atoms with Gasteiger partial charge in [-0.3, -0.25) is 19.2 Å². The van der Waals surface area contributed by atoms with E-state index in [1.807, 2.05) is 0 Å². The minimum atomic E-state index is -2.64. The molecule has 31 nitrogen and oxygen atoms in total. The first-order chi connectivity index (χ1) is 33.2. The van der Waals surface area contributed by atoms with Gasteiger partial charge in [0.2, 0.25) is 35.6 Å². The van der Waals surface area contributed by atoms with Crippen molar-refractivity contribution in [1.82, 2.24) is 0 Å². The van der Waals surface area contributed by atoms with Crippen LogP contribution in [0.2, 0.25) is 0 Å². The minimum Gasteiger partial charge on any atom is -0.481 e. The van der Waals surface area contributed by atoms with E-state index in [1.165, 1.54) is 20.8 Å². The predicted octanol–water partition coefficient (Wildman–Crippen LogP) is -0.646. The van der Waals surface area contributed by atoms with Crippen LogP contribution in [0.3, 0.4) is 0 Å². The summed E-state index contributed by atoms with van der Waals surface area (Å²) in [6, 6.07) is 0. The van der Waals surface area contributed by atoms with Crippen molar-refractivity contribution in [3.05, 3.63) is 74.4 Å². The van der Waals surface area contributed by atoms with Gasteiger partial charge in [0.1, 0.15) is 5.78 Å². The molecule has 0 aromatic rings. The molecule has 0 fully saturated rings. The standard InChI is InChI=1S/C12H14O8.C11H14O7.C10H10O8.C9H10O8/c1-5(2)11(17)19-7(9(13)14)8(10(15)16)20-12(18)6(3)4;1-6(2)9(15)18-11(10(16)17,4-7(3)12)5-8(13)14;1-3-5(11)17-7(9(13)14)8(10(15)16)18-6(12)4-2;1-2-7(14)17-9(8(15)16,3-5(10)11)4-6(12)13/h7-8H,1,3H2,2,4H3,(H,13,14)(H,15,16);1,4-5H2,2-3H3,(H,13,14)(H,16,17);3-4,7-8H,1-2H2,(H,13,14)(H,15,16);2H,1,3-4H2,(H,10,11)(H,12,13)(H,15,16). The van der Waals surface area contributed by atoms with Crippen LogP contribution in [0.5, 0.6) is 0 Å². The Hall–Kier alpha value is -9.84. The van der Waals surface area contributed by atoms with Crippen molar-refractivity contribution >= 4 is 95.3 Å². The van der Waals surface area contributed by atoms with Gasteiger partial charge in [-0.25, -0.2) is 57.5 Å². The summed E-state index contributed by atoms with van der Waals surface area (Å²) >= 11 is 0. The maximum atomic E-state index is 11.3. The van der Waals surface area contributed by atoms with E-state index in [4.69, 9.17) is 46.0 Å². The third kappa shape index (κ3) is 27.7. The van der Waals surface area contributed by atoms with Crippen molar-refractivity contribution in [2.24, 2.45) is 0 Å². The van der Waals surface area contributed by atoms with Gasteiger partial charge in [-0.15, -0.1) is 0 Å². The lowest BCUT2D eigenvalue weighted by atomic mass is 9.93. The lowest BCUT2D eigenvalue weighted by molar-refractivity contribution is -0.184. The molecule has 402 valence electrons. The molecule has 0 aliphatic carbocycles. The molecule has 31 heteroatoms. The fourth-order valence-corrected chi connectivity index (χ4v) is 4.04. The number of carboxylic acids is 9. The molecular weight excluding hydrogens is 1000 g/mol. The number of carbonyl (C=O) groups is 16. The monoisotopic (exact) mass is 1050 g/mol. The molecule has 0 saturated heterocycles. The first kappa shape index (κ1) is 69.7. The SMILES string of the molecule is C=C(C)C(=O)OC(C(=O)O)C(OC(=O)C(=C)C)C(=O)O.C=C(C)C(=O)OC(CC(C)=O)(CC(=O)O)C(=O)O.C=CC(=O)OC(C(=O)O)C(OC(=O)C=C)C(=O)O.C=CC(=O)OC(CC(=O)O)(CC(=O)O)C(=O)O. The highest BCUT2D eigenvalue weighted by Crippen LogP contribution is 2.24. The van der Waals surface area contributed by atoms with Gasteiger partial charge >= 0.3 is 89.5 Å². The molecule has 0 aromatic carbocycles. The Morgan fingerprint density at radius 3 is 0.822 bits per heavy atom. The number of ketones is 1. The van der Waals surface area contributed by atoms with Gasteiger partial charge in [0.25, 0.3) is 0 Å². The van der Waals surface area contributed by atoms with Crippen LogP contribution in [0.15, 0.2) is 74.4 Å². The lowest BCUT2D eigenvalue weighted by Gasteiger charge is -2.26. The predicted molar refractivity (Wildman–Crippen MR) is 230 cm³/mol. The summed E-state index contributed by atoms with van der Waals surface area (Å²) in [7, 11) is 0. The summed E-state index contributed by atoms with van der Waals surface area (Å²) in [6.45, 7) is 23.6. The normalized spacial score (nSPS) is 12.3. The van der Waals surface area contributed by atoms with Crippen molar-refractivity contribution in [3.63, 3.8) is 0 Å². The number of hydrogen-bond acceptors (Lipinski definition) is 22. The van der Waals surface area contributed by atoms with Crippen molar-refractivity contribution in [3.8, 4) is 0 Å². The third-order valence-corrected chi connectivity index (χ3v) is 7.23. The first-order valence-corrected chi connectivity index (χ1v) is 18.9. The summed E-state index contributed by atoms with van der Waals surface area (Å²) in [6.07, 6.45) is -10.9. The van der Waals surface area contributed by atoms with Crippen molar-refractivity contribution in [2.45, 2.75) is 89.0 Å². The van der Waals surface area contributed by atoms with E-state index in [1.54, 1.807) is 0 Å². The van der Waals surface area contributed by atoms with Crippen molar-refractivity contribution in [2.75, 3.05) is 0 Å². The van der Waals surface area contributed by atoms with E-state index < -0.39 is 157 Å². The maximum Gasteiger partial charge on any atom is 0.349 e. The Balaban J connectivity index is -0.000000436. The summed E-state index contributed by atoms with van der Waals surface area (Å²) < 4.78 is 26.5. The summed E-state index contributed by atoms with van der Waals surface area (Å²) in [5.74, 6) is -22.8. The smallest absolute Gasteiger partial charge is 0.349 e. The Morgan fingerprint density at radius 1 is 0.384 bits per heavy atom. The van der Waals surface area contributed by atoms with E-state index in [9.17, 15) is 76.7 Å². The molecule has 5 atom stereocenters. The Kier molecular flexibility index (Phi) is 31.4. The van der Waals surface area contributed by atoms with Crippen LogP contribution in [0.1, 0.15) is 53.4 Å². The zero-order valence-electron chi connectivity index (χ0n) is 38.6. The number of esters is 6. The molecule has 0 bridgehead atoms. The second kappa shape index (κ2) is 32.8. The van der Waals surface area contributed by atoms with Crippen molar-refractivity contribution < 1.29 is 151 Å². The molecule has 0 radical (unpaired) electrons. The number of hydrogen-bond donors (Lipinski definition) is 9. The molecular formula is C42H48O31. The number of aliphatic carboxylic acids is 9. The molecule has 9 N–H and O–H groups in total. The van der Waals surface area contributed by atoms with Crippen LogP contribution in [0.25, 0.3) is 0 Å². The largest absolute Gasteiger partial charge is 0.481 e. The fraction of sp³-hybridized carbons (Fsp3) is 0.333. The molecule has 0 rings (SSSR count). The van der Waals surface area contributed by atoms with Gasteiger partial charge < -0.3 is 74.4 Å². The molecule has 0 heterocycles. The fourth-order valence-electron chi connectivity index (χ4n) is 4.04. The molecule has 0 aliphatic heterocycles. The summed E-state index contributed by atoms with van der Waals surface area (Å²) in [5.41, 5.74) is -5.39. The van der Waals surface area contributed by atoms with Gasteiger partial charge in [-0.1, -0.05) is 39.5 Å². The first-order valence-electron chi connectivity index (χ1n) is 18.9. The Bertz CT molecular complexity index is 2160. The second-order valence-electron chi connectivity index (χ2n) is 13.7. The van der Waals surface area contributed by atoms with Crippen LogP contribution in [-0.2, 0) is 105 Å². The van der Waals surface area contributed by atoms with E-state index in [0.29, 0.717) is 18.2 Å². The lowest BCUT2D eigenvalue weighted by Crippen LogP contribution is -2.46. The number of carbonyl (C=O) groups excluding carboxylic acids is 7. The van der Waals surface area contributed by atoms with Gasteiger partial charge in [-0.05, 0) is 27.7 Å². The zero-order valence-corrected chi connectivity index (χ0v) is 38.6. The minimum absolute atomic E-state index is 0.0884.